The summed E-state index contributed by atoms with van der Waals surface area (Å²) in [4.78, 5) is 11.0. The van der Waals surface area contributed by atoms with Crippen LogP contribution < -0.4 is 4.90 Å². The molecule has 0 aliphatic carbocycles. The quantitative estimate of drug-likeness (QED) is 0.937. The first kappa shape index (κ1) is 16.8. The molecule has 0 saturated carbocycles. The third-order valence-electron chi connectivity index (χ3n) is 5.10. The van der Waals surface area contributed by atoms with E-state index in [1.807, 2.05) is 26.0 Å². The minimum Gasteiger partial charge on any atom is -0.396 e. The van der Waals surface area contributed by atoms with Crippen molar-refractivity contribution in [3.63, 3.8) is 0 Å². The maximum Gasteiger partial charge on any atom is 0.135 e. The van der Waals surface area contributed by atoms with Gasteiger partial charge in [0.2, 0.25) is 0 Å². The Morgan fingerprint density at radius 2 is 1.96 bits per heavy atom. The number of hydrogen-bond donors (Lipinski definition) is 1. The van der Waals surface area contributed by atoms with Gasteiger partial charge in [-0.1, -0.05) is 12.1 Å². The predicted molar refractivity (Wildman–Crippen MR) is 92.6 cm³/mol. The van der Waals surface area contributed by atoms with Gasteiger partial charge in [-0.05, 0) is 50.8 Å². The summed E-state index contributed by atoms with van der Waals surface area (Å²) in [5, 5.41) is 10.1. The van der Waals surface area contributed by atoms with Gasteiger partial charge >= 0.3 is 0 Å². The fourth-order valence-electron chi connectivity index (χ4n) is 3.60. The summed E-state index contributed by atoms with van der Waals surface area (Å²) in [6.45, 7) is 5.83. The second-order valence-electron chi connectivity index (χ2n) is 6.89. The van der Waals surface area contributed by atoms with Crippen molar-refractivity contribution in [3.05, 3.63) is 53.2 Å². The summed E-state index contributed by atoms with van der Waals surface area (Å²) in [7, 11) is 0. The number of aryl methyl sites for hydroxylation is 1. The van der Waals surface area contributed by atoms with Gasteiger partial charge in [0.05, 0.1) is 6.61 Å². The van der Waals surface area contributed by atoms with Crippen LogP contribution >= 0.6 is 0 Å². The monoisotopic (exact) mass is 329 g/mol. The Balaban J connectivity index is 1.83. The number of aliphatic hydroxyl groups excluding tert-OH is 1. The standard InChI is InChI=1S/C19H24FN3O/c1-14-15(2)21-13-22-18(14)23-9-3-8-19(11-23,12-24)10-16-4-6-17(20)7-5-16/h4-7,13,24H,3,8-12H2,1-2H3/t19-/m1/s1. The lowest BCUT2D eigenvalue weighted by atomic mass is 9.75. The summed E-state index contributed by atoms with van der Waals surface area (Å²) in [6.07, 6.45) is 4.31. The van der Waals surface area contributed by atoms with Gasteiger partial charge < -0.3 is 10.0 Å². The smallest absolute Gasteiger partial charge is 0.135 e. The Hall–Kier alpha value is -2.01. The van der Waals surface area contributed by atoms with Crippen molar-refractivity contribution in [2.75, 3.05) is 24.6 Å². The molecule has 128 valence electrons. The van der Waals surface area contributed by atoms with Crippen LogP contribution in [0.25, 0.3) is 0 Å². The summed E-state index contributed by atoms with van der Waals surface area (Å²) in [5.74, 6) is 0.730. The molecule has 24 heavy (non-hydrogen) atoms. The van der Waals surface area contributed by atoms with E-state index in [0.29, 0.717) is 0 Å². The Morgan fingerprint density at radius 1 is 1.21 bits per heavy atom. The fourth-order valence-corrected chi connectivity index (χ4v) is 3.60. The molecule has 2 aromatic rings. The highest BCUT2D eigenvalue weighted by molar-refractivity contribution is 5.48. The molecule has 3 rings (SSSR count). The van der Waals surface area contributed by atoms with Crippen LogP contribution in [0.4, 0.5) is 10.2 Å². The average Bonchev–Trinajstić information content (AvgIpc) is 2.60. The molecule has 0 spiro atoms. The minimum atomic E-state index is -0.228. The van der Waals surface area contributed by atoms with Gasteiger partial charge in [0.15, 0.2) is 0 Å². The summed E-state index contributed by atoms with van der Waals surface area (Å²) >= 11 is 0. The van der Waals surface area contributed by atoms with E-state index in [0.717, 1.165) is 55.0 Å². The van der Waals surface area contributed by atoms with E-state index in [9.17, 15) is 9.50 Å². The average molecular weight is 329 g/mol. The van der Waals surface area contributed by atoms with Crippen LogP contribution in [0.5, 0.6) is 0 Å². The van der Waals surface area contributed by atoms with E-state index >= 15 is 0 Å². The van der Waals surface area contributed by atoms with Crippen molar-refractivity contribution >= 4 is 5.82 Å². The van der Waals surface area contributed by atoms with E-state index in [4.69, 9.17) is 0 Å². The Morgan fingerprint density at radius 3 is 2.67 bits per heavy atom. The Bertz CT molecular complexity index is 704. The number of benzene rings is 1. The van der Waals surface area contributed by atoms with Gasteiger partial charge in [0.25, 0.3) is 0 Å². The Labute approximate surface area is 142 Å². The van der Waals surface area contributed by atoms with Crippen molar-refractivity contribution in [2.24, 2.45) is 5.41 Å². The lowest BCUT2D eigenvalue weighted by molar-refractivity contribution is 0.105. The predicted octanol–water partition coefficient (Wildman–Crippen LogP) is 3.05. The van der Waals surface area contributed by atoms with Crippen LogP contribution in [0.3, 0.4) is 0 Å². The molecule has 5 heteroatoms. The first-order valence-corrected chi connectivity index (χ1v) is 8.41. The summed E-state index contributed by atoms with van der Waals surface area (Å²) in [6, 6.07) is 6.59. The largest absolute Gasteiger partial charge is 0.396 e. The molecular formula is C19H24FN3O. The van der Waals surface area contributed by atoms with E-state index in [-0.39, 0.29) is 17.8 Å². The molecular weight excluding hydrogens is 305 g/mol. The highest BCUT2D eigenvalue weighted by Gasteiger charge is 2.36. The lowest BCUT2D eigenvalue weighted by Gasteiger charge is -2.43. The van der Waals surface area contributed by atoms with Crippen molar-refractivity contribution in [2.45, 2.75) is 33.1 Å². The number of nitrogens with zero attached hydrogens (tertiary/aromatic N) is 3. The first-order chi connectivity index (χ1) is 11.5. The number of anilines is 1. The third kappa shape index (κ3) is 3.41. The maximum absolute atomic E-state index is 13.1. The molecule has 0 amide bonds. The van der Waals surface area contributed by atoms with Crippen LogP contribution in [0.2, 0.25) is 0 Å². The zero-order valence-electron chi connectivity index (χ0n) is 14.3. The molecule has 2 heterocycles. The molecule has 1 aromatic heterocycles. The second-order valence-corrected chi connectivity index (χ2v) is 6.89. The van der Waals surface area contributed by atoms with Crippen LogP contribution in [0.15, 0.2) is 30.6 Å². The molecule has 0 unspecified atom stereocenters. The molecule has 4 nitrogen and oxygen atoms in total. The number of aliphatic hydroxyl groups is 1. The van der Waals surface area contributed by atoms with E-state index < -0.39 is 0 Å². The SMILES string of the molecule is Cc1ncnc(N2CCC[C@@](CO)(Cc3ccc(F)cc3)C2)c1C. The van der Waals surface area contributed by atoms with E-state index in [1.54, 1.807) is 6.33 Å². The molecule has 1 atom stereocenters. The number of piperidine rings is 1. The number of hydrogen-bond acceptors (Lipinski definition) is 4. The fraction of sp³-hybridized carbons (Fsp3) is 0.474. The zero-order valence-corrected chi connectivity index (χ0v) is 14.3. The topological polar surface area (TPSA) is 49.2 Å². The van der Waals surface area contributed by atoms with Crippen molar-refractivity contribution in [3.8, 4) is 0 Å². The normalized spacial score (nSPS) is 21.1. The number of rotatable bonds is 4. The highest BCUT2D eigenvalue weighted by Crippen LogP contribution is 2.36. The maximum atomic E-state index is 13.1. The van der Waals surface area contributed by atoms with Crippen molar-refractivity contribution in [1.82, 2.24) is 9.97 Å². The molecule has 1 N–H and O–H groups in total. The first-order valence-electron chi connectivity index (χ1n) is 8.41. The van der Waals surface area contributed by atoms with Gasteiger partial charge in [-0.25, -0.2) is 14.4 Å². The second kappa shape index (κ2) is 6.85. The van der Waals surface area contributed by atoms with Gasteiger partial charge in [0, 0.05) is 29.8 Å². The van der Waals surface area contributed by atoms with Gasteiger partial charge in [-0.15, -0.1) is 0 Å². The summed E-state index contributed by atoms with van der Waals surface area (Å²) in [5.41, 5.74) is 2.91. The van der Waals surface area contributed by atoms with Crippen LogP contribution in [-0.2, 0) is 6.42 Å². The number of halogens is 1. The van der Waals surface area contributed by atoms with E-state index in [1.165, 1.54) is 12.1 Å². The van der Waals surface area contributed by atoms with E-state index in [2.05, 4.69) is 14.9 Å². The third-order valence-corrected chi connectivity index (χ3v) is 5.10. The lowest BCUT2D eigenvalue weighted by Crippen LogP contribution is -2.47. The van der Waals surface area contributed by atoms with Gasteiger partial charge in [0.1, 0.15) is 18.0 Å². The molecule has 1 aliphatic rings. The van der Waals surface area contributed by atoms with Crippen molar-refractivity contribution in [1.29, 1.82) is 0 Å². The van der Waals surface area contributed by atoms with Gasteiger partial charge in [-0.3, -0.25) is 0 Å². The molecule has 1 fully saturated rings. The molecule has 1 aliphatic heterocycles. The summed E-state index contributed by atoms with van der Waals surface area (Å²) < 4.78 is 13.1. The molecule has 1 saturated heterocycles. The van der Waals surface area contributed by atoms with Crippen molar-refractivity contribution < 1.29 is 9.50 Å². The number of aromatic nitrogens is 2. The van der Waals surface area contributed by atoms with Crippen LogP contribution in [-0.4, -0.2) is 34.8 Å². The molecule has 0 radical (unpaired) electrons. The zero-order chi connectivity index (χ0) is 17.2. The highest BCUT2D eigenvalue weighted by atomic mass is 19.1. The van der Waals surface area contributed by atoms with Gasteiger partial charge in [-0.2, -0.15) is 0 Å². The van der Waals surface area contributed by atoms with Crippen LogP contribution in [0, 0.1) is 25.1 Å². The molecule has 0 bridgehead atoms. The Kier molecular flexibility index (Phi) is 4.81. The minimum absolute atomic E-state index is 0.115. The van der Waals surface area contributed by atoms with Crippen LogP contribution in [0.1, 0.15) is 29.7 Å². The molecule has 1 aromatic carbocycles.